The summed E-state index contributed by atoms with van der Waals surface area (Å²) in [5.74, 6) is 0.251. The number of nitrogens with zero attached hydrogens (tertiary/aromatic N) is 3. The van der Waals surface area contributed by atoms with E-state index in [0.29, 0.717) is 17.0 Å². The zero-order chi connectivity index (χ0) is 18.0. The summed E-state index contributed by atoms with van der Waals surface area (Å²) < 4.78 is 19.2. The van der Waals surface area contributed by atoms with E-state index in [0.717, 1.165) is 0 Å². The lowest BCUT2D eigenvalue weighted by Crippen LogP contribution is -2.29. The third-order valence-electron chi connectivity index (χ3n) is 3.44. The van der Waals surface area contributed by atoms with Crippen molar-refractivity contribution in [2.45, 2.75) is 20.4 Å². The van der Waals surface area contributed by atoms with Crippen LogP contribution in [0.2, 0.25) is 0 Å². The zero-order valence-corrected chi connectivity index (χ0v) is 13.6. The van der Waals surface area contributed by atoms with Crippen LogP contribution in [0.1, 0.15) is 11.5 Å². The molecule has 1 aromatic carbocycles. The molecule has 0 spiro atoms. The molecule has 2 aromatic heterocycles. The van der Waals surface area contributed by atoms with Crippen LogP contribution in [-0.2, 0) is 11.3 Å². The van der Waals surface area contributed by atoms with Gasteiger partial charge in [0.1, 0.15) is 23.9 Å². The molecule has 2 heterocycles. The van der Waals surface area contributed by atoms with Crippen molar-refractivity contribution in [2.24, 2.45) is 0 Å². The van der Waals surface area contributed by atoms with Gasteiger partial charge in [0.05, 0.1) is 0 Å². The molecule has 7 nitrogen and oxygen atoms in total. The Bertz CT molecular complexity index is 976. The summed E-state index contributed by atoms with van der Waals surface area (Å²) in [7, 11) is 0. The van der Waals surface area contributed by atoms with E-state index in [1.165, 1.54) is 34.9 Å². The Hall–Kier alpha value is -3.29. The van der Waals surface area contributed by atoms with Crippen LogP contribution in [0.25, 0.3) is 11.4 Å². The van der Waals surface area contributed by atoms with Gasteiger partial charge in [-0.1, -0.05) is 5.16 Å². The molecule has 3 rings (SSSR count). The van der Waals surface area contributed by atoms with Crippen molar-refractivity contribution in [1.82, 2.24) is 14.7 Å². The minimum Gasteiger partial charge on any atom is -0.360 e. The summed E-state index contributed by atoms with van der Waals surface area (Å²) >= 11 is 0. The predicted octanol–water partition coefficient (Wildman–Crippen LogP) is 2.29. The van der Waals surface area contributed by atoms with Gasteiger partial charge in [0.2, 0.25) is 5.91 Å². The van der Waals surface area contributed by atoms with E-state index in [2.05, 4.69) is 15.5 Å². The Morgan fingerprint density at radius 2 is 1.96 bits per heavy atom. The molecule has 1 amide bonds. The highest BCUT2D eigenvalue weighted by atomic mass is 19.1. The van der Waals surface area contributed by atoms with Crippen molar-refractivity contribution in [2.75, 3.05) is 5.32 Å². The van der Waals surface area contributed by atoms with Crippen LogP contribution < -0.4 is 10.9 Å². The lowest BCUT2D eigenvalue weighted by Gasteiger charge is -2.12. The molecule has 8 heteroatoms. The summed E-state index contributed by atoms with van der Waals surface area (Å²) in [6, 6.07) is 8.45. The number of anilines is 1. The number of nitrogens with one attached hydrogen (secondary N) is 1. The smallest absolute Gasteiger partial charge is 0.254 e. The molecule has 3 aromatic rings. The SMILES string of the molecule is Cc1cc(=O)n(CC(=O)Nc2cc(C)on2)c(-c2ccc(F)cc2)n1. The van der Waals surface area contributed by atoms with E-state index in [1.54, 1.807) is 19.9 Å². The van der Waals surface area contributed by atoms with Gasteiger partial charge in [-0.2, -0.15) is 0 Å². The Morgan fingerprint density at radius 1 is 1.24 bits per heavy atom. The molecule has 0 saturated heterocycles. The van der Waals surface area contributed by atoms with Gasteiger partial charge in [0, 0.05) is 23.4 Å². The second kappa shape index (κ2) is 6.68. The van der Waals surface area contributed by atoms with Crippen molar-refractivity contribution in [3.05, 3.63) is 64.0 Å². The monoisotopic (exact) mass is 342 g/mol. The molecule has 0 radical (unpaired) electrons. The summed E-state index contributed by atoms with van der Waals surface area (Å²) in [4.78, 5) is 28.9. The van der Waals surface area contributed by atoms with Crippen molar-refractivity contribution in [3.63, 3.8) is 0 Å². The van der Waals surface area contributed by atoms with Crippen LogP contribution >= 0.6 is 0 Å². The van der Waals surface area contributed by atoms with Gasteiger partial charge in [-0.3, -0.25) is 14.2 Å². The maximum absolute atomic E-state index is 13.1. The van der Waals surface area contributed by atoms with Crippen molar-refractivity contribution in [1.29, 1.82) is 0 Å². The quantitative estimate of drug-likeness (QED) is 0.786. The van der Waals surface area contributed by atoms with Crippen LogP contribution in [-0.4, -0.2) is 20.6 Å². The van der Waals surface area contributed by atoms with Gasteiger partial charge in [-0.15, -0.1) is 0 Å². The molecule has 0 aliphatic rings. The van der Waals surface area contributed by atoms with Crippen molar-refractivity contribution < 1.29 is 13.7 Å². The number of amides is 1. The fourth-order valence-corrected chi connectivity index (χ4v) is 2.34. The van der Waals surface area contributed by atoms with E-state index >= 15 is 0 Å². The number of halogens is 1. The molecular weight excluding hydrogens is 327 g/mol. The van der Waals surface area contributed by atoms with Gasteiger partial charge in [-0.25, -0.2) is 9.37 Å². The molecule has 0 bridgehead atoms. The average molecular weight is 342 g/mol. The highest BCUT2D eigenvalue weighted by Crippen LogP contribution is 2.17. The van der Waals surface area contributed by atoms with E-state index in [9.17, 15) is 14.0 Å². The molecule has 0 atom stereocenters. The molecule has 0 aliphatic carbocycles. The topological polar surface area (TPSA) is 90.0 Å². The number of aryl methyl sites for hydroxylation is 2. The lowest BCUT2D eigenvalue weighted by atomic mass is 10.2. The molecule has 0 aliphatic heterocycles. The largest absolute Gasteiger partial charge is 0.360 e. The minimum absolute atomic E-state index is 0.259. The summed E-state index contributed by atoms with van der Waals surface area (Å²) in [6.07, 6.45) is 0. The second-order valence-electron chi connectivity index (χ2n) is 5.52. The Morgan fingerprint density at radius 3 is 2.60 bits per heavy atom. The lowest BCUT2D eigenvalue weighted by molar-refractivity contribution is -0.116. The summed E-state index contributed by atoms with van der Waals surface area (Å²) in [6.45, 7) is 3.12. The van der Waals surface area contributed by atoms with E-state index in [-0.39, 0.29) is 23.7 Å². The standard InChI is InChI=1S/C17H15FN4O3/c1-10-7-16(24)22(9-15(23)20-14-8-11(2)25-21-14)17(19-10)12-3-5-13(18)6-4-12/h3-8H,9H2,1-2H3,(H,20,21,23). The van der Waals surface area contributed by atoms with Crippen LogP contribution in [0.5, 0.6) is 0 Å². The van der Waals surface area contributed by atoms with Crippen LogP contribution in [0, 0.1) is 19.7 Å². The molecule has 0 fully saturated rings. The normalized spacial score (nSPS) is 10.7. The van der Waals surface area contributed by atoms with Gasteiger partial charge in [-0.05, 0) is 38.1 Å². The zero-order valence-electron chi connectivity index (χ0n) is 13.6. The second-order valence-corrected chi connectivity index (χ2v) is 5.52. The number of benzene rings is 1. The highest BCUT2D eigenvalue weighted by Gasteiger charge is 2.14. The van der Waals surface area contributed by atoms with Crippen molar-refractivity contribution >= 4 is 11.7 Å². The minimum atomic E-state index is -0.454. The first-order valence-corrected chi connectivity index (χ1v) is 7.50. The number of hydrogen-bond acceptors (Lipinski definition) is 5. The molecular formula is C17H15FN4O3. The third kappa shape index (κ3) is 3.79. The average Bonchev–Trinajstić information content (AvgIpc) is 2.95. The van der Waals surface area contributed by atoms with E-state index < -0.39 is 11.7 Å². The fraction of sp³-hybridized carbons (Fsp3) is 0.176. The summed E-state index contributed by atoms with van der Waals surface area (Å²) in [5.41, 5.74) is 0.665. The first-order valence-electron chi connectivity index (χ1n) is 7.50. The fourth-order valence-electron chi connectivity index (χ4n) is 2.34. The van der Waals surface area contributed by atoms with Gasteiger partial charge >= 0.3 is 0 Å². The Labute approximate surface area is 142 Å². The number of rotatable bonds is 4. The molecule has 128 valence electrons. The van der Waals surface area contributed by atoms with Crippen LogP contribution in [0.15, 0.2) is 45.7 Å². The molecule has 0 unspecified atom stereocenters. The maximum atomic E-state index is 13.1. The van der Waals surface area contributed by atoms with Gasteiger partial charge in [0.15, 0.2) is 5.82 Å². The summed E-state index contributed by atoms with van der Waals surface area (Å²) in [5, 5.41) is 6.22. The molecule has 0 saturated carbocycles. The predicted molar refractivity (Wildman–Crippen MR) is 88.5 cm³/mol. The van der Waals surface area contributed by atoms with Crippen molar-refractivity contribution in [3.8, 4) is 11.4 Å². The maximum Gasteiger partial charge on any atom is 0.254 e. The Balaban J connectivity index is 1.93. The van der Waals surface area contributed by atoms with Crippen LogP contribution in [0.3, 0.4) is 0 Å². The number of hydrogen-bond donors (Lipinski definition) is 1. The number of aromatic nitrogens is 3. The highest BCUT2D eigenvalue weighted by molar-refractivity contribution is 5.89. The molecule has 1 N–H and O–H groups in total. The van der Waals surface area contributed by atoms with E-state index in [1.807, 2.05) is 0 Å². The molecule has 25 heavy (non-hydrogen) atoms. The first-order chi connectivity index (χ1) is 11.9. The number of carbonyl (C=O) groups excluding carboxylic acids is 1. The number of carbonyl (C=O) groups is 1. The third-order valence-corrected chi connectivity index (χ3v) is 3.44. The van der Waals surface area contributed by atoms with Crippen LogP contribution in [0.4, 0.5) is 10.2 Å². The van der Waals surface area contributed by atoms with Gasteiger partial charge < -0.3 is 9.84 Å². The van der Waals surface area contributed by atoms with Gasteiger partial charge in [0.25, 0.3) is 5.56 Å². The first kappa shape index (κ1) is 16.6. The Kier molecular flexibility index (Phi) is 4.42. The van der Waals surface area contributed by atoms with E-state index in [4.69, 9.17) is 4.52 Å².